The van der Waals surface area contributed by atoms with Crippen molar-refractivity contribution < 1.29 is 33.8 Å². The number of ether oxygens (including phenoxy) is 2. The number of imide groups is 1. The van der Waals surface area contributed by atoms with Gasteiger partial charge < -0.3 is 35.2 Å². The number of H-pyrrole nitrogens is 2. The molecular weight excluding hydrogens is 686 g/mol. The summed E-state index contributed by atoms with van der Waals surface area (Å²) in [4.78, 5) is 57.5. The Bertz CT molecular complexity index is 2020. The third kappa shape index (κ3) is 11.0. The minimum Gasteiger partial charge on any atom is -0.444 e. The summed E-state index contributed by atoms with van der Waals surface area (Å²) in [5, 5.41) is 17.1. The topological polar surface area (TPSA) is 166 Å². The van der Waals surface area contributed by atoms with Gasteiger partial charge in [0.25, 0.3) is 11.8 Å². The molecule has 0 unspecified atom stereocenters. The molecule has 0 radical (unpaired) electrons. The SMILES string of the molecule is C.C.CC(C)(C)OC(=O)N[C@@H](Cc1c[nH]c2ccccc12)CN1C(=O)c2ccccc2C1=O.CC(C)(C)OC(=O)N[C@H](CO)Cc1c[nH]c2ccccc12. The zero-order valence-corrected chi connectivity index (χ0v) is 30.4. The van der Waals surface area contributed by atoms with Gasteiger partial charge in [0.2, 0.25) is 0 Å². The number of amides is 4. The van der Waals surface area contributed by atoms with Gasteiger partial charge in [0.05, 0.1) is 36.4 Å². The zero-order valence-electron chi connectivity index (χ0n) is 30.4. The second-order valence-electron chi connectivity index (χ2n) is 14.8. The maximum absolute atomic E-state index is 12.8. The van der Waals surface area contributed by atoms with Crippen LogP contribution in [-0.4, -0.2) is 80.4 Å². The van der Waals surface area contributed by atoms with E-state index in [1.54, 1.807) is 65.8 Å². The second kappa shape index (κ2) is 17.9. The lowest BCUT2D eigenvalue weighted by Crippen LogP contribution is -2.48. The lowest BCUT2D eigenvalue weighted by molar-refractivity contribution is 0.0466. The highest BCUT2D eigenvalue weighted by molar-refractivity contribution is 6.21. The Balaban J connectivity index is 0.000000300. The van der Waals surface area contributed by atoms with Crippen LogP contribution < -0.4 is 10.6 Å². The molecule has 3 aromatic carbocycles. The standard InChI is InChI=1S/C24H25N3O4.C16H22N2O3.2CH4/c1-24(2,3)31-23(30)26-16(12-15-13-25-20-11-7-6-8-17(15)20)14-27-21(28)18-9-4-5-10-19(18)22(27)29;1-16(2,3)21-15(20)18-12(10-19)8-11-9-17-14-7-5-4-6-13(11)14;;/h4-11,13,16,25H,12,14H2,1-3H3,(H,26,30);4-7,9,12,17,19H,8,10H2,1-3H3,(H,18,20);2*1H4/t16-;12-;;/m00../s1. The Labute approximate surface area is 317 Å². The van der Waals surface area contributed by atoms with Crippen LogP contribution in [0.25, 0.3) is 21.8 Å². The molecule has 0 saturated carbocycles. The van der Waals surface area contributed by atoms with Crippen molar-refractivity contribution in [2.24, 2.45) is 0 Å². The molecule has 290 valence electrons. The molecule has 4 amide bonds. The minimum atomic E-state index is -0.662. The van der Waals surface area contributed by atoms with Gasteiger partial charge in [0.1, 0.15) is 11.2 Å². The van der Waals surface area contributed by atoms with Crippen molar-refractivity contribution in [3.05, 3.63) is 107 Å². The summed E-state index contributed by atoms with van der Waals surface area (Å²) in [6.07, 6.45) is 3.66. The second-order valence-corrected chi connectivity index (χ2v) is 14.8. The molecule has 0 fully saturated rings. The van der Waals surface area contributed by atoms with Crippen LogP contribution in [0.2, 0.25) is 0 Å². The van der Waals surface area contributed by atoms with Crippen LogP contribution in [0.3, 0.4) is 0 Å². The van der Waals surface area contributed by atoms with E-state index in [4.69, 9.17) is 9.47 Å². The van der Waals surface area contributed by atoms with Gasteiger partial charge in [0.15, 0.2) is 0 Å². The molecular formula is C42H55N5O7. The fourth-order valence-electron chi connectivity index (χ4n) is 6.03. The number of nitrogens with one attached hydrogen (secondary N) is 4. The third-order valence-electron chi connectivity index (χ3n) is 8.23. The van der Waals surface area contributed by atoms with Crippen molar-refractivity contribution in [1.29, 1.82) is 0 Å². The van der Waals surface area contributed by atoms with E-state index in [1.807, 2.05) is 60.9 Å². The van der Waals surface area contributed by atoms with E-state index in [1.165, 1.54) is 4.90 Å². The summed E-state index contributed by atoms with van der Waals surface area (Å²) in [5.74, 6) is -0.703. The highest BCUT2D eigenvalue weighted by Gasteiger charge is 2.37. The molecule has 2 aromatic heterocycles. The number of hydrogen-bond acceptors (Lipinski definition) is 7. The fourth-order valence-corrected chi connectivity index (χ4v) is 6.03. The molecule has 5 aromatic rings. The molecule has 5 N–H and O–H groups in total. The number of aliphatic hydroxyl groups excluding tert-OH is 1. The van der Waals surface area contributed by atoms with Gasteiger partial charge in [0, 0.05) is 34.2 Å². The average molecular weight is 742 g/mol. The molecule has 12 heteroatoms. The molecule has 12 nitrogen and oxygen atoms in total. The summed E-state index contributed by atoms with van der Waals surface area (Å²) in [6, 6.07) is 21.7. The number of carbonyl (C=O) groups is 4. The first kappa shape index (κ1) is 42.8. The van der Waals surface area contributed by atoms with Gasteiger partial charge in [-0.15, -0.1) is 0 Å². The summed E-state index contributed by atoms with van der Waals surface area (Å²) < 4.78 is 10.6. The maximum Gasteiger partial charge on any atom is 0.407 e. The predicted octanol–water partition coefficient (Wildman–Crippen LogP) is 7.77. The minimum absolute atomic E-state index is 0. The van der Waals surface area contributed by atoms with E-state index >= 15 is 0 Å². The molecule has 54 heavy (non-hydrogen) atoms. The van der Waals surface area contributed by atoms with Gasteiger partial charge in [-0.2, -0.15) is 0 Å². The number of aromatic nitrogens is 2. The van der Waals surface area contributed by atoms with Crippen molar-refractivity contribution in [2.45, 2.75) is 92.5 Å². The average Bonchev–Trinajstić information content (AvgIpc) is 3.74. The smallest absolute Gasteiger partial charge is 0.407 e. The van der Waals surface area contributed by atoms with Crippen molar-refractivity contribution in [1.82, 2.24) is 25.5 Å². The quantitative estimate of drug-likeness (QED) is 0.0963. The van der Waals surface area contributed by atoms with Crippen LogP contribution in [0.15, 0.2) is 85.2 Å². The Morgan fingerprint density at radius 3 is 1.48 bits per heavy atom. The van der Waals surface area contributed by atoms with Gasteiger partial charge in [-0.05, 0) is 89.8 Å². The van der Waals surface area contributed by atoms with E-state index in [0.29, 0.717) is 24.0 Å². The van der Waals surface area contributed by atoms with E-state index in [2.05, 4.69) is 20.6 Å². The largest absolute Gasteiger partial charge is 0.444 e. The molecule has 0 bridgehead atoms. The summed E-state index contributed by atoms with van der Waals surface area (Å²) in [6.45, 7) is 10.7. The molecule has 1 aliphatic heterocycles. The lowest BCUT2D eigenvalue weighted by atomic mass is 10.0. The number of rotatable bonds is 9. The highest BCUT2D eigenvalue weighted by atomic mass is 16.6. The van der Waals surface area contributed by atoms with Gasteiger partial charge in [-0.25, -0.2) is 9.59 Å². The zero-order chi connectivity index (χ0) is 37.6. The molecule has 0 spiro atoms. The number of carbonyl (C=O) groups excluding carboxylic acids is 4. The summed E-state index contributed by atoms with van der Waals surface area (Å²) in [7, 11) is 0. The van der Waals surface area contributed by atoms with E-state index in [-0.39, 0.29) is 45.9 Å². The van der Waals surface area contributed by atoms with Crippen LogP contribution >= 0.6 is 0 Å². The van der Waals surface area contributed by atoms with Gasteiger partial charge >= 0.3 is 12.2 Å². The Hall–Kier alpha value is -5.62. The highest BCUT2D eigenvalue weighted by Crippen LogP contribution is 2.25. The summed E-state index contributed by atoms with van der Waals surface area (Å²) in [5.41, 5.74) is 3.62. The maximum atomic E-state index is 12.8. The van der Waals surface area contributed by atoms with Crippen molar-refractivity contribution in [3.63, 3.8) is 0 Å². The molecule has 6 rings (SSSR count). The first-order valence-corrected chi connectivity index (χ1v) is 17.3. The number of nitrogens with zero attached hydrogens (tertiary/aromatic N) is 1. The number of aromatic amines is 2. The Kier molecular flexibility index (Phi) is 14.2. The van der Waals surface area contributed by atoms with Crippen LogP contribution in [0.4, 0.5) is 9.59 Å². The van der Waals surface area contributed by atoms with Crippen molar-refractivity contribution in [3.8, 4) is 0 Å². The summed E-state index contributed by atoms with van der Waals surface area (Å²) >= 11 is 0. The monoisotopic (exact) mass is 741 g/mol. The van der Waals surface area contributed by atoms with Crippen LogP contribution in [0.5, 0.6) is 0 Å². The van der Waals surface area contributed by atoms with Crippen LogP contribution in [0.1, 0.15) is 88.2 Å². The molecule has 0 saturated heterocycles. The molecule has 3 heterocycles. The number of para-hydroxylation sites is 2. The third-order valence-corrected chi connectivity index (χ3v) is 8.23. The Morgan fingerprint density at radius 2 is 1.06 bits per heavy atom. The van der Waals surface area contributed by atoms with E-state index < -0.39 is 29.4 Å². The predicted molar refractivity (Wildman–Crippen MR) is 213 cm³/mol. The number of benzene rings is 3. The molecule has 0 aliphatic carbocycles. The van der Waals surface area contributed by atoms with Gasteiger partial charge in [-0.3, -0.25) is 14.5 Å². The normalized spacial score (nSPS) is 13.5. The van der Waals surface area contributed by atoms with E-state index in [9.17, 15) is 24.3 Å². The van der Waals surface area contributed by atoms with Crippen molar-refractivity contribution in [2.75, 3.05) is 13.2 Å². The number of alkyl carbamates (subject to hydrolysis) is 2. The first-order valence-electron chi connectivity index (χ1n) is 17.3. The fraction of sp³-hybridized carbons (Fsp3) is 0.381. The molecule has 2 atom stereocenters. The van der Waals surface area contributed by atoms with Crippen LogP contribution in [-0.2, 0) is 22.3 Å². The van der Waals surface area contributed by atoms with Crippen molar-refractivity contribution >= 4 is 45.8 Å². The number of hydrogen-bond donors (Lipinski definition) is 5. The first-order chi connectivity index (χ1) is 24.6. The lowest BCUT2D eigenvalue weighted by Gasteiger charge is -2.26. The van der Waals surface area contributed by atoms with Gasteiger partial charge in [-0.1, -0.05) is 63.4 Å². The van der Waals surface area contributed by atoms with E-state index in [0.717, 1.165) is 32.9 Å². The number of aliphatic hydroxyl groups is 1. The number of fused-ring (bicyclic) bond motifs is 3. The molecule has 1 aliphatic rings. The van der Waals surface area contributed by atoms with Crippen LogP contribution in [0, 0.1) is 0 Å². The Morgan fingerprint density at radius 1 is 0.667 bits per heavy atom.